The second-order valence-electron chi connectivity index (χ2n) is 8.94. The molecule has 4 N–H and O–H groups in total. The maximum Gasteiger partial charge on any atom is 0.162 e. The zero-order chi connectivity index (χ0) is 24.2. The van der Waals surface area contributed by atoms with E-state index in [1.165, 1.54) is 12.8 Å². The summed E-state index contributed by atoms with van der Waals surface area (Å²) >= 11 is 0. The summed E-state index contributed by atoms with van der Waals surface area (Å²) in [5, 5.41) is 22.6. The van der Waals surface area contributed by atoms with Gasteiger partial charge in [-0.05, 0) is 75.5 Å². The van der Waals surface area contributed by atoms with Gasteiger partial charge < -0.3 is 29.5 Å². The van der Waals surface area contributed by atoms with E-state index in [0.29, 0.717) is 31.3 Å². The van der Waals surface area contributed by atoms with E-state index in [9.17, 15) is 5.11 Å². The highest BCUT2D eigenvalue weighted by molar-refractivity contribution is 6.05. The van der Waals surface area contributed by atoms with Crippen LogP contribution >= 0.6 is 0 Å². The molecular weight excluding hydrogens is 444 g/mol. The first kappa shape index (κ1) is 23.4. The number of anilines is 2. The molecule has 2 aromatic carbocycles. The third kappa shape index (κ3) is 5.18. The molecule has 2 heterocycles. The smallest absolute Gasteiger partial charge is 0.162 e. The van der Waals surface area contributed by atoms with Crippen molar-refractivity contribution in [2.24, 2.45) is 0 Å². The second kappa shape index (κ2) is 10.5. The highest BCUT2D eigenvalue weighted by Crippen LogP contribution is 2.43. The van der Waals surface area contributed by atoms with Crippen LogP contribution in [-0.4, -0.2) is 65.8 Å². The summed E-state index contributed by atoms with van der Waals surface area (Å²) in [7, 11) is 0. The minimum Gasteiger partial charge on any atom is -0.494 e. The van der Waals surface area contributed by atoms with E-state index >= 15 is 0 Å². The Morgan fingerprint density at radius 1 is 0.971 bits per heavy atom. The number of benzene rings is 2. The van der Waals surface area contributed by atoms with Crippen molar-refractivity contribution in [3.8, 4) is 28.5 Å². The van der Waals surface area contributed by atoms with Crippen LogP contribution < -0.4 is 19.5 Å². The van der Waals surface area contributed by atoms with E-state index in [1.807, 2.05) is 50.2 Å². The number of hydrogen-bond acceptors (Lipinski definition) is 6. The van der Waals surface area contributed by atoms with Crippen LogP contribution in [0.4, 0.5) is 11.5 Å². The van der Waals surface area contributed by atoms with Gasteiger partial charge in [0, 0.05) is 29.2 Å². The number of aliphatic hydroxyl groups is 1. The zero-order valence-electron chi connectivity index (χ0n) is 20.4. The maximum absolute atomic E-state index is 10.5. The van der Waals surface area contributed by atoms with Gasteiger partial charge in [-0.15, -0.1) is 0 Å². The Labute approximate surface area is 205 Å². The molecule has 1 atom stereocenters. The number of β-amino-alcohol motifs (C(OH)–C–C–N with tert-alkyl or cyclic N) is 1. The van der Waals surface area contributed by atoms with Crippen LogP contribution in [0.1, 0.15) is 26.7 Å². The van der Waals surface area contributed by atoms with Crippen LogP contribution in [0.15, 0.2) is 42.5 Å². The quantitative estimate of drug-likeness (QED) is 0.243. The lowest BCUT2D eigenvalue weighted by Gasteiger charge is -2.20. The molecule has 2 aliphatic heterocycles. The van der Waals surface area contributed by atoms with Crippen LogP contribution in [0.25, 0.3) is 22.0 Å². The number of H-pyrrole nitrogens is 2. The summed E-state index contributed by atoms with van der Waals surface area (Å²) in [6.07, 6.45) is 1.86. The molecule has 2 aromatic rings. The summed E-state index contributed by atoms with van der Waals surface area (Å²) in [5.41, 5.74) is 2.95. The first-order valence-corrected chi connectivity index (χ1v) is 12.5. The van der Waals surface area contributed by atoms with Gasteiger partial charge in [0.25, 0.3) is 0 Å². The molecule has 0 amide bonds. The minimum absolute atomic E-state index is 0.228. The topological polar surface area (TPSA) is 94.8 Å². The highest BCUT2D eigenvalue weighted by atomic mass is 16.5. The Balaban J connectivity index is 1.36. The molecule has 0 spiro atoms. The molecule has 0 saturated carbocycles. The van der Waals surface area contributed by atoms with Crippen LogP contribution in [0, 0.1) is 0 Å². The van der Waals surface area contributed by atoms with Crippen LogP contribution in [0.3, 0.4) is 0 Å². The molecule has 1 fully saturated rings. The van der Waals surface area contributed by atoms with Crippen molar-refractivity contribution in [3.05, 3.63) is 42.5 Å². The molecule has 1 saturated heterocycles. The standard InChI is InChI=1S/C27H34N4O4/c1-3-33-21-9-7-8-19(14-21)28-27-23-12-18-13-24(34-4-2)25(15-22(18)26(23)29-30-27)35-17-20(32)16-31-10-5-6-11-31/h7-9,12-15,20,28-30,32H,3-6,10-11,16-17H2,1-2H3. The lowest BCUT2D eigenvalue weighted by Crippen LogP contribution is -2.33. The van der Waals surface area contributed by atoms with Crippen molar-refractivity contribution >= 4 is 22.3 Å². The minimum atomic E-state index is -0.542. The average molecular weight is 479 g/mol. The Morgan fingerprint density at radius 2 is 1.77 bits per heavy atom. The van der Waals surface area contributed by atoms with Gasteiger partial charge in [-0.3, -0.25) is 10.2 Å². The van der Waals surface area contributed by atoms with Crippen LogP contribution in [-0.2, 0) is 0 Å². The molecule has 0 bridgehead atoms. The summed E-state index contributed by atoms with van der Waals surface area (Å²) in [6.45, 7) is 8.06. The number of likely N-dealkylation sites (tertiary alicyclic amines) is 1. The van der Waals surface area contributed by atoms with Gasteiger partial charge in [-0.1, -0.05) is 6.07 Å². The fourth-order valence-corrected chi connectivity index (χ4v) is 4.76. The summed E-state index contributed by atoms with van der Waals surface area (Å²) < 4.78 is 17.6. The number of aromatic amines is 2. The van der Waals surface area contributed by atoms with E-state index in [2.05, 4.69) is 26.5 Å². The van der Waals surface area contributed by atoms with E-state index in [1.54, 1.807) is 0 Å². The van der Waals surface area contributed by atoms with Crippen molar-refractivity contribution in [1.82, 2.24) is 15.1 Å². The van der Waals surface area contributed by atoms with Crippen molar-refractivity contribution in [2.45, 2.75) is 32.8 Å². The normalized spacial score (nSPS) is 15.1. The number of rotatable bonds is 11. The van der Waals surface area contributed by atoms with Gasteiger partial charge in [-0.25, -0.2) is 0 Å². The second-order valence-corrected chi connectivity index (χ2v) is 8.94. The molecule has 0 radical (unpaired) electrons. The molecule has 1 unspecified atom stereocenters. The lowest BCUT2D eigenvalue weighted by atomic mass is 10.2. The Hall–Kier alpha value is -3.36. The van der Waals surface area contributed by atoms with Crippen LogP contribution in [0.5, 0.6) is 17.2 Å². The van der Waals surface area contributed by atoms with Gasteiger partial charge in [-0.2, -0.15) is 0 Å². The SMILES string of the molecule is CCOc1cccc(Nc2[nH][nH]c3c4cc(OCC(O)CN5CCCC5)c(OCC)cc4cc2-3)c1. The number of nitrogens with zero attached hydrogens (tertiary/aromatic N) is 1. The molecule has 1 aliphatic carbocycles. The van der Waals surface area contributed by atoms with E-state index in [0.717, 1.165) is 52.4 Å². The molecular formula is C27H34N4O4. The third-order valence-electron chi connectivity index (χ3n) is 6.35. The third-order valence-corrected chi connectivity index (χ3v) is 6.35. The monoisotopic (exact) mass is 478 g/mol. The molecule has 35 heavy (non-hydrogen) atoms. The van der Waals surface area contributed by atoms with Gasteiger partial charge in [0.05, 0.1) is 18.9 Å². The molecule has 0 aromatic heterocycles. The molecule has 5 rings (SSSR count). The number of hydrogen-bond donors (Lipinski definition) is 4. The van der Waals surface area contributed by atoms with Crippen LogP contribution in [0.2, 0.25) is 0 Å². The predicted octanol–water partition coefficient (Wildman–Crippen LogP) is 4.98. The summed E-state index contributed by atoms with van der Waals surface area (Å²) in [5.74, 6) is 3.02. The largest absolute Gasteiger partial charge is 0.494 e. The molecule has 186 valence electrons. The summed E-state index contributed by atoms with van der Waals surface area (Å²) in [4.78, 5) is 2.29. The average Bonchev–Trinajstić information content (AvgIpc) is 3.57. The lowest BCUT2D eigenvalue weighted by molar-refractivity contribution is 0.0745. The van der Waals surface area contributed by atoms with Gasteiger partial charge >= 0.3 is 0 Å². The first-order valence-electron chi connectivity index (χ1n) is 12.5. The fourth-order valence-electron chi connectivity index (χ4n) is 4.76. The Morgan fingerprint density at radius 3 is 2.57 bits per heavy atom. The summed E-state index contributed by atoms with van der Waals surface area (Å²) in [6, 6.07) is 14.0. The number of fused-ring (bicyclic) bond motifs is 3. The molecule has 8 heteroatoms. The van der Waals surface area contributed by atoms with Crippen molar-refractivity contribution < 1.29 is 19.3 Å². The number of ether oxygens (including phenoxy) is 3. The van der Waals surface area contributed by atoms with Crippen molar-refractivity contribution in [2.75, 3.05) is 44.8 Å². The number of aliphatic hydroxyl groups excluding tert-OH is 1. The zero-order valence-corrected chi connectivity index (χ0v) is 20.4. The Bertz CT molecular complexity index is 1230. The maximum atomic E-state index is 10.5. The number of nitrogens with one attached hydrogen (secondary N) is 3. The highest BCUT2D eigenvalue weighted by Gasteiger charge is 2.21. The van der Waals surface area contributed by atoms with Gasteiger partial charge in [0.2, 0.25) is 0 Å². The number of aromatic nitrogens is 2. The Kier molecular flexibility index (Phi) is 7.01. The molecule has 3 aliphatic rings. The van der Waals surface area contributed by atoms with Gasteiger partial charge in [0.1, 0.15) is 24.3 Å². The fraction of sp³-hybridized carbons (Fsp3) is 0.407. The van der Waals surface area contributed by atoms with E-state index in [4.69, 9.17) is 14.2 Å². The van der Waals surface area contributed by atoms with Crippen molar-refractivity contribution in [3.63, 3.8) is 0 Å². The predicted molar refractivity (Wildman–Crippen MR) is 139 cm³/mol. The van der Waals surface area contributed by atoms with Gasteiger partial charge in [0.15, 0.2) is 11.5 Å². The first-order chi connectivity index (χ1) is 17.1. The van der Waals surface area contributed by atoms with E-state index in [-0.39, 0.29) is 6.61 Å². The molecule has 8 nitrogen and oxygen atoms in total. The van der Waals surface area contributed by atoms with E-state index < -0.39 is 6.10 Å². The van der Waals surface area contributed by atoms with Crippen molar-refractivity contribution in [1.29, 1.82) is 0 Å².